The fraction of sp³-hybridized carbons (Fsp3) is 0.125. The lowest BCUT2D eigenvalue weighted by atomic mass is 10.1. The maximum atomic E-state index is 10.9. The Balaban J connectivity index is 2.68. The molecule has 3 N–H and O–H groups in total. The van der Waals surface area contributed by atoms with Crippen LogP contribution >= 0.6 is 0 Å². The highest BCUT2D eigenvalue weighted by molar-refractivity contribution is 6.35. The van der Waals surface area contributed by atoms with E-state index in [1.807, 2.05) is 0 Å². The molecule has 0 bridgehead atoms. The lowest BCUT2D eigenvalue weighted by molar-refractivity contribution is 0.101. The molecule has 0 heterocycles. The molecular formula is C8H10BNO4. The van der Waals surface area contributed by atoms with Gasteiger partial charge in [-0.3, -0.25) is 9.55 Å². The minimum Gasteiger partial charge on any atom is -0.511 e. The van der Waals surface area contributed by atoms with E-state index in [1.165, 1.54) is 6.92 Å². The number of carbonyl (C=O) groups excluding carboxylic acids is 1. The molecule has 0 saturated carbocycles. The van der Waals surface area contributed by atoms with Crippen LogP contribution in [0.2, 0.25) is 0 Å². The maximum Gasteiger partial charge on any atom is 0.727 e. The van der Waals surface area contributed by atoms with E-state index in [1.54, 1.807) is 24.3 Å². The molecule has 5 nitrogen and oxygen atoms in total. The molecule has 1 aromatic rings. The van der Waals surface area contributed by atoms with Gasteiger partial charge in [-0.05, 0) is 31.2 Å². The number of rotatable bonds is 4. The largest absolute Gasteiger partial charge is 0.727 e. The highest BCUT2D eigenvalue weighted by Crippen LogP contribution is 2.12. The van der Waals surface area contributed by atoms with Crippen molar-refractivity contribution in [2.45, 2.75) is 6.92 Å². The second-order valence-corrected chi connectivity index (χ2v) is 2.64. The first-order valence-electron chi connectivity index (χ1n) is 3.94. The minimum atomic E-state index is -1.50. The highest BCUT2D eigenvalue weighted by Gasteiger charge is 2.16. The van der Waals surface area contributed by atoms with E-state index >= 15 is 0 Å². The second-order valence-electron chi connectivity index (χ2n) is 2.64. The zero-order valence-electron chi connectivity index (χ0n) is 7.64. The Morgan fingerprint density at radius 1 is 1.43 bits per heavy atom. The topological polar surface area (TPSA) is 81.8 Å². The standard InChI is InChI=1S/C8H10BNO4/c1-6(11)7-2-4-8(5-3-7)13-9(12)14-10/h2-5,12H,10H2,1H3. The van der Waals surface area contributed by atoms with E-state index in [0.717, 1.165) is 0 Å². The van der Waals surface area contributed by atoms with E-state index in [9.17, 15) is 4.79 Å². The third-order valence-corrected chi connectivity index (χ3v) is 1.61. The lowest BCUT2D eigenvalue weighted by Crippen LogP contribution is -2.29. The smallest absolute Gasteiger partial charge is 0.511 e. The van der Waals surface area contributed by atoms with Gasteiger partial charge in [0.05, 0.1) is 0 Å². The molecule has 0 aliphatic carbocycles. The Morgan fingerprint density at radius 2 is 2.00 bits per heavy atom. The highest BCUT2D eigenvalue weighted by atomic mass is 16.7. The van der Waals surface area contributed by atoms with Gasteiger partial charge in [0, 0.05) is 5.56 Å². The van der Waals surface area contributed by atoms with Crippen molar-refractivity contribution in [2.75, 3.05) is 0 Å². The van der Waals surface area contributed by atoms with Gasteiger partial charge < -0.3 is 9.68 Å². The summed E-state index contributed by atoms with van der Waals surface area (Å²) in [7, 11) is -1.50. The average molecular weight is 195 g/mol. The third kappa shape index (κ3) is 2.84. The summed E-state index contributed by atoms with van der Waals surface area (Å²) < 4.78 is 8.79. The van der Waals surface area contributed by atoms with E-state index in [2.05, 4.69) is 10.7 Å². The number of carbonyl (C=O) groups is 1. The van der Waals surface area contributed by atoms with Crippen molar-refractivity contribution >= 4 is 13.1 Å². The van der Waals surface area contributed by atoms with Crippen molar-refractivity contribution in [1.82, 2.24) is 0 Å². The molecule has 0 unspecified atom stereocenters. The summed E-state index contributed by atoms with van der Waals surface area (Å²) in [6, 6.07) is 6.25. The Morgan fingerprint density at radius 3 is 2.43 bits per heavy atom. The van der Waals surface area contributed by atoms with Gasteiger partial charge in [-0.15, -0.1) is 0 Å². The van der Waals surface area contributed by atoms with Crippen molar-refractivity contribution in [2.24, 2.45) is 5.90 Å². The Kier molecular flexibility index (Phi) is 3.64. The molecule has 14 heavy (non-hydrogen) atoms. The first-order valence-corrected chi connectivity index (χ1v) is 3.94. The van der Waals surface area contributed by atoms with Crippen LogP contribution in [0, 0.1) is 0 Å². The average Bonchev–Trinajstić information content (AvgIpc) is 2.18. The van der Waals surface area contributed by atoms with E-state index in [4.69, 9.17) is 9.68 Å². The summed E-state index contributed by atoms with van der Waals surface area (Å²) in [5.74, 6) is 5.00. The molecule has 1 rings (SSSR count). The van der Waals surface area contributed by atoms with Crippen LogP contribution in [0.15, 0.2) is 24.3 Å². The molecule has 74 valence electrons. The van der Waals surface area contributed by atoms with Gasteiger partial charge in [-0.1, -0.05) is 0 Å². The zero-order chi connectivity index (χ0) is 10.6. The van der Waals surface area contributed by atoms with E-state index < -0.39 is 7.32 Å². The van der Waals surface area contributed by atoms with Crippen LogP contribution in [0.25, 0.3) is 0 Å². The van der Waals surface area contributed by atoms with Crippen LogP contribution in [-0.4, -0.2) is 18.1 Å². The maximum absolute atomic E-state index is 10.9. The van der Waals surface area contributed by atoms with E-state index in [0.29, 0.717) is 11.3 Å². The van der Waals surface area contributed by atoms with Gasteiger partial charge in [-0.2, -0.15) is 0 Å². The fourth-order valence-corrected chi connectivity index (χ4v) is 0.912. The van der Waals surface area contributed by atoms with E-state index in [-0.39, 0.29) is 5.78 Å². The van der Waals surface area contributed by atoms with Crippen LogP contribution in [-0.2, 0) is 4.76 Å². The van der Waals surface area contributed by atoms with Crippen molar-refractivity contribution in [3.05, 3.63) is 29.8 Å². The Hall–Kier alpha value is -1.37. The minimum absolute atomic E-state index is 0.0350. The first-order chi connectivity index (χ1) is 6.63. The van der Waals surface area contributed by atoms with Crippen molar-refractivity contribution in [1.29, 1.82) is 0 Å². The van der Waals surface area contributed by atoms with Gasteiger partial charge >= 0.3 is 7.32 Å². The predicted molar refractivity (Wildman–Crippen MR) is 50.3 cm³/mol. The van der Waals surface area contributed by atoms with Crippen LogP contribution in [0.4, 0.5) is 0 Å². The molecular weight excluding hydrogens is 185 g/mol. The van der Waals surface area contributed by atoms with Gasteiger partial charge in [0.2, 0.25) is 0 Å². The number of ketones is 1. The quantitative estimate of drug-likeness (QED) is 0.405. The Labute approximate surface area is 81.6 Å². The van der Waals surface area contributed by atoms with Gasteiger partial charge in [0.1, 0.15) is 5.75 Å². The van der Waals surface area contributed by atoms with Crippen LogP contribution in [0.3, 0.4) is 0 Å². The molecule has 0 fully saturated rings. The van der Waals surface area contributed by atoms with Gasteiger partial charge in [-0.25, -0.2) is 5.90 Å². The summed E-state index contributed by atoms with van der Waals surface area (Å²) in [5.41, 5.74) is 0.570. The molecule has 0 spiro atoms. The third-order valence-electron chi connectivity index (χ3n) is 1.61. The number of hydrogen-bond donors (Lipinski definition) is 2. The molecule has 0 aliphatic rings. The normalized spacial score (nSPS) is 9.64. The van der Waals surface area contributed by atoms with Crippen LogP contribution in [0.1, 0.15) is 17.3 Å². The number of benzene rings is 1. The second kappa shape index (κ2) is 4.76. The molecule has 0 saturated heterocycles. The molecule has 0 aliphatic heterocycles. The molecule has 0 amide bonds. The van der Waals surface area contributed by atoms with Gasteiger partial charge in [0.15, 0.2) is 5.78 Å². The van der Waals surface area contributed by atoms with Gasteiger partial charge in [0.25, 0.3) is 0 Å². The molecule has 1 aromatic carbocycles. The molecule has 0 radical (unpaired) electrons. The van der Waals surface area contributed by atoms with Crippen LogP contribution < -0.4 is 10.6 Å². The van der Waals surface area contributed by atoms with Crippen molar-refractivity contribution in [3.63, 3.8) is 0 Å². The zero-order valence-corrected chi connectivity index (χ0v) is 7.64. The number of hydrogen-bond acceptors (Lipinski definition) is 5. The monoisotopic (exact) mass is 195 g/mol. The lowest BCUT2D eigenvalue weighted by Gasteiger charge is -2.06. The van der Waals surface area contributed by atoms with Crippen molar-refractivity contribution in [3.8, 4) is 5.75 Å². The number of Topliss-reactive ketones (excluding diaryl/α,β-unsaturated/α-hetero) is 1. The molecule has 0 atom stereocenters. The first kappa shape index (κ1) is 10.7. The summed E-state index contributed by atoms with van der Waals surface area (Å²) >= 11 is 0. The molecule has 6 heteroatoms. The predicted octanol–water partition coefficient (Wildman–Crippen LogP) is 0.136. The number of nitrogens with two attached hydrogens (primary N) is 1. The SMILES string of the molecule is CC(=O)c1ccc(OB(O)ON)cc1. The van der Waals surface area contributed by atoms with Crippen molar-refractivity contribution < 1.29 is 19.2 Å². The molecule has 0 aromatic heterocycles. The summed E-state index contributed by atoms with van der Waals surface area (Å²) in [6.45, 7) is 1.47. The van der Waals surface area contributed by atoms with Crippen LogP contribution in [0.5, 0.6) is 5.75 Å². The summed E-state index contributed by atoms with van der Waals surface area (Å²) in [6.07, 6.45) is 0. The fourth-order valence-electron chi connectivity index (χ4n) is 0.912. The summed E-state index contributed by atoms with van der Waals surface area (Å²) in [5, 5.41) is 8.85. The Bertz CT molecular complexity index is 314. The summed E-state index contributed by atoms with van der Waals surface area (Å²) in [4.78, 5) is 10.9.